The minimum absolute atomic E-state index is 0.122. The summed E-state index contributed by atoms with van der Waals surface area (Å²) in [5.41, 5.74) is -1.42. The van der Waals surface area contributed by atoms with E-state index in [4.69, 9.17) is 9.47 Å². The Morgan fingerprint density at radius 1 is 1.32 bits per heavy atom. The number of carbonyl (C=O) groups excluding carboxylic acids is 1. The van der Waals surface area contributed by atoms with Gasteiger partial charge < -0.3 is 19.3 Å². The molecule has 1 aromatic heterocycles. The number of amides is 1. The third-order valence-electron chi connectivity index (χ3n) is 4.00. The molecule has 0 saturated carbocycles. The summed E-state index contributed by atoms with van der Waals surface area (Å²) >= 11 is 0. The number of fused-ring (bicyclic) bond motifs is 3. The molecule has 1 aromatic rings. The number of rotatable bonds is 0. The maximum atomic E-state index is 12.8. The second-order valence-electron chi connectivity index (χ2n) is 7.13. The van der Waals surface area contributed by atoms with Gasteiger partial charge in [0.05, 0.1) is 11.6 Å². The van der Waals surface area contributed by atoms with Crippen LogP contribution in [-0.2, 0) is 10.9 Å². The SMILES string of the molecule is CC(C)(C)OC(=O)N1CCN2c3ncc(C(F)(F)F)cc3OC[C@@H]2C1. The van der Waals surface area contributed by atoms with Crippen LogP contribution in [0.4, 0.5) is 23.8 Å². The van der Waals surface area contributed by atoms with Gasteiger partial charge in [-0.1, -0.05) is 0 Å². The number of ether oxygens (including phenoxy) is 2. The van der Waals surface area contributed by atoms with Crippen molar-refractivity contribution in [2.75, 3.05) is 31.1 Å². The first kappa shape index (κ1) is 17.6. The molecule has 0 aliphatic carbocycles. The van der Waals surface area contributed by atoms with E-state index in [1.165, 1.54) is 0 Å². The van der Waals surface area contributed by atoms with Crippen molar-refractivity contribution in [3.63, 3.8) is 0 Å². The van der Waals surface area contributed by atoms with Crippen LogP contribution in [0.3, 0.4) is 0 Å². The van der Waals surface area contributed by atoms with Crippen molar-refractivity contribution in [2.24, 2.45) is 0 Å². The molecule has 2 aliphatic heterocycles. The fraction of sp³-hybridized carbons (Fsp3) is 0.625. The molecule has 0 unspecified atom stereocenters. The number of carbonyl (C=O) groups is 1. The number of hydrogen-bond donors (Lipinski definition) is 0. The molecule has 6 nitrogen and oxygen atoms in total. The number of nitrogens with zero attached hydrogens (tertiary/aromatic N) is 3. The molecule has 0 aromatic carbocycles. The van der Waals surface area contributed by atoms with Crippen molar-refractivity contribution >= 4 is 11.9 Å². The van der Waals surface area contributed by atoms with E-state index in [1.54, 1.807) is 25.7 Å². The molecule has 0 bridgehead atoms. The van der Waals surface area contributed by atoms with Gasteiger partial charge in [0.1, 0.15) is 12.2 Å². The van der Waals surface area contributed by atoms with E-state index in [9.17, 15) is 18.0 Å². The fourth-order valence-corrected chi connectivity index (χ4v) is 2.87. The highest BCUT2D eigenvalue weighted by molar-refractivity contribution is 5.69. The number of anilines is 1. The molecule has 3 heterocycles. The Morgan fingerprint density at radius 2 is 2.04 bits per heavy atom. The molecule has 0 N–H and O–H groups in total. The second kappa shape index (κ2) is 5.96. The van der Waals surface area contributed by atoms with Gasteiger partial charge in [-0.2, -0.15) is 13.2 Å². The van der Waals surface area contributed by atoms with Gasteiger partial charge in [-0.3, -0.25) is 0 Å². The fourth-order valence-electron chi connectivity index (χ4n) is 2.87. The third kappa shape index (κ3) is 3.74. The zero-order chi connectivity index (χ0) is 18.4. The monoisotopic (exact) mass is 359 g/mol. The van der Waals surface area contributed by atoms with Gasteiger partial charge in [-0.05, 0) is 26.8 Å². The van der Waals surface area contributed by atoms with E-state index in [1.807, 2.05) is 4.90 Å². The predicted molar refractivity (Wildman–Crippen MR) is 83.7 cm³/mol. The molecule has 1 atom stereocenters. The maximum absolute atomic E-state index is 12.8. The van der Waals surface area contributed by atoms with Gasteiger partial charge in [-0.25, -0.2) is 9.78 Å². The number of pyridine rings is 1. The summed E-state index contributed by atoms with van der Waals surface area (Å²) in [6, 6.07) is 0.803. The highest BCUT2D eigenvalue weighted by atomic mass is 19.4. The summed E-state index contributed by atoms with van der Waals surface area (Å²) in [5.74, 6) is 0.505. The summed E-state index contributed by atoms with van der Waals surface area (Å²) in [5, 5.41) is 0. The molecule has 0 radical (unpaired) electrons. The smallest absolute Gasteiger partial charge is 0.418 e. The van der Waals surface area contributed by atoms with Crippen LogP contribution in [-0.4, -0.2) is 53.9 Å². The molecule has 1 fully saturated rings. The summed E-state index contributed by atoms with van der Waals surface area (Å²) < 4.78 is 49.2. The zero-order valence-corrected chi connectivity index (χ0v) is 14.3. The Kier molecular flexibility index (Phi) is 4.20. The normalized spacial score (nSPS) is 20.5. The molecule has 138 valence electrons. The standard InChI is InChI=1S/C16H20F3N3O3/c1-15(2,3)25-14(23)21-4-5-22-11(8-21)9-24-12-6-10(16(17,18)19)7-20-13(12)22/h6-7,11H,4-5,8-9H2,1-3H3/t11-/m0/s1. The van der Waals surface area contributed by atoms with Crippen LogP contribution in [0.1, 0.15) is 26.3 Å². The lowest BCUT2D eigenvalue weighted by molar-refractivity contribution is -0.138. The summed E-state index contributed by atoms with van der Waals surface area (Å²) in [4.78, 5) is 19.6. The van der Waals surface area contributed by atoms with Gasteiger partial charge in [0.15, 0.2) is 11.6 Å². The quantitative estimate of drug-likeness (QED) is 0.713. The molecule has 1 saturated heterocycles. The second-order valence-corrected chi connectivity index (χ2v) is 7.13. The maximum Gasteiger partial charge on any atom is 0.418 e. The molecule has 2 aliphatic rings. The average molecular weight is 359 g/mol. The third-order valence-corrected chi connectivity index (χ3v) is 4.00. The molecule has 9 heteroatoms. The van der Waals surface area contributed by atoms with E-state index < -0.39 is 23.4 Å². The van der Waals surface area contributed by atoms with Crippen LogP contribution in [0.15, 0.2) is 12.3 Å². The van der Waals surface area contributed by atoms with Gasteiger partial charge in [0.2, 0.25) is 0 Å². The Bertz CT molecular complexity index is 673. The molecule has 25 heavy (non-hydrogen) atoms. The first-order valence-electron chi connectivity index (χ1n) is 7.99. The lowest BCUT2D eigenvalue weighted by Crippen LogP contribution is -2.59. The van der Waals surface area contributed by atoms with Gasteiger partial charge >= 0.3 is 12.3 Å². The Hall–Kier alpha value is -2.19. The Balaban J connectivity index is 1.74. The number of alkyl halides is 3. The number of piperazine rings is 1. The van der Waals surface area contributed by atoms with Crippen LogP contribution in [0.5, 0.6) is 5.75 Å². The minimum atomic E-state index is -4.46. The van der Waals surface area contributed by atoms with Crippen LogP contribution in [0.25, 0.3) is 0 Å². The zero-order valence-electron chi connectivity index (χ0n) is 14.3. The van der Waals surface area contributed by atoms with Crippen LogP contribution in [0, 0.1) is 0 Å². The van der Waals surface area contributed by atoms with Crippen molar-refractivity contribution in [3.05, 3.63) is 17.8 Å². The van der Waals surface area contributed by atoms with Crippen LogP contribution >= 0.6 is 0 Å². The topological polar surface area (TPSA) is 54.9 Å². The highest BCUT2D eigenvalue weighted by Gasteiger charge is 2.39. The van der Waals surface area contributed by atoms with Gasteiger partial charge in [0, 0.05) is 25.8 Å². The van der Waals surface area contributed by atoms with E-state index in [2.05, 4.69) is 4.98 Å². The molecular weight excluding hydrogens is 339 g/mol. The van der Waals surface area contributed by atoms with Crippen LogP contribution < -0.4 is 9.64 Å². The number of halogens is 3. The Morgan fingerprint density at radius 3 is 2.68 bits per heavy atom. The van der Waals surface area contributed by atoms with Gasteiger partial charge in [-0.15, -0.1) is 0 Å². The largest absolute Gasteiger partial charge is 0.487 e. The summed E-state index contributed by atoms with van der Waals surface area (Å²) in [6.45, 7) is 6.81. The van der Waals surface area contributed by atoms with Gasteiger partial charge in [0.25, 0.3) is 0 Å². The first-order valence-corrected chi connectivity index (χ1v) is 7.99. The Labute approximate surface area is 143 Å². The molecular formula is C16H20F3N3O3. The van der Waals surface area contributed by atoms with E-state index in [0.29, 0.717) is 25.5 Å². The van der Waals surface area contributed by atoms with Crippen molar-refractivity contribution in [1.29, 1.82) is 0 Å². The predicted octanol–water partition coefficient (Wildman–Crippen LogP) is 2.92. The summed E-state index contributed by atoms with van der Waals surface area (Å²) in [7, 11) is 0. The van der Waals surface area contributed by atoms with Crippen molar-refractivity contribution < 1.29 is 27.4 Å². The van der Waals surface area contributed by atoms with Crippen molar-refractivity contribution in [1.82, 2.24) is 9.88 Å². The lowest BCUT2D eigenvalue weighted by Gasteiger charge is -2.44. The first-order chi connectivity index (χ1) is 11.5. The number of aromatic nitrogens is 1. The molecule has 0 spiro atoms. The van der Waals surface area contributed by atoms with Crippen molar-refractivity contribution in [2.45, 2.75) is 38.6 Å². The number of hydrogen-bond acceptors (Lipinski definition) is 5. The van der Waals surface area contributed by atoms with E-state index in [-0.39, 0.29) is 18.4 Å². The van der Waals surface area contributed by atoms with E-state index in [0.717, 1.165) is 12.3 Å². The average Bonchev–Trinajstić information content (AvgIpc) is 2.51. The van der Waals surface area contributed by atoms with E-state index >= 15 is 0 Å². The molecule has 3 rings (SSSR count). The molecule has 1 amide bonds. The lowest BCUT2D eigenvalue weighted by atomic mass is 10.1. The highest BCUT2D eigenvalue weighted by Crippen LogP contribution is 2.38. The van der Waals surface area contributed by atoms with Crippen molar-refractivity contribution in [3.8, 4) is 5.75 Å². The minimum Gasteiger partial charge on any atom is -0.487 e. The summed E-state index contributed by atoms with van der Waals surface area (Å²) in [6.07, 6.45) is -4.05. The van der Waals surface area contributed by atoms with Crippen LogP contribution in [0.2, 0.25) is 0 Å².